The standard InChI is InChI=1S/C31H29N4O3P/c1-3-38-30(36)23-29(35-33-31(32-34-35)24-19-21-25(37-2)22-20-24)39(26-13-7-4-8-14-26,27-15-9-5-10-16-27)28-17-11-6-12-18-28/h4-23,29H,3H2,1-2H3/b30-23+. The van der Waals surface area contributed by atoms with E-state index in [-0.39, 0.29) is 6.61 Å². The van der Waals surface area contributed by atoms with Crippen molar-refractivity contribution in [2.45, 2.75) is 12.7 Å². The van der Waals surface area contributed by atoms with Gasteiger partial charge in [0.05, 0.1) is 13.1 Å². The van der Waals surface area contributed by atoms with Crippen LogP contribution in [-0.2, 0) is 4.74 Å². The van der Waals surface area contributed by atoms with Crippen molar-refractivity contribution < 1.29 is 14.6 Å². The number of rotatable bonds is 10. The molecule has 1 heterocycles. The van der Waals surface area contributed by atoms with E-state index in [2.05, 4.69) is 46.7 Å². The van der Waals surface area contributed by atoms with Gasteiger partial charge < -0.3 is 14.6 Å². The number of hydrogen-bond acceptors (Lipinski definition) is 6. The van der Waals surface area contributed by atoms with Gasteiger partial charge in [0.25, 0.3) is 0 Å². The van der Waals surface area contributed by atoms with Crippen LogP contribution in [-0.4, -0.2) is 33.9 Å². The van der Waals surface area contributed by atoms with E-state index in [9.17, 15) is 5.11 Å². The predicted octanol–water partition coefficient (Wildman–Crippen LogP) is 4.08. The van der Waals surface area contributed by atoms with Gasteiger partial charge in [-0.15, -0.1) is 15.0 Å². The van der Waals surface area contributed by atoms with E-state index in [1.807, 2.05) is 78.9 Å². The SMILES string of the molecule is CCO/C([O-])=C/C(n1nnc(-c2ccc(OC)cc2)n1)[P+](c1ccccc1)(c1ccccc1)c1ccccc1. The molecule has 0 aliphatic carbocycles. The molecule has 0 bridgehead atoms. The minimum atomic E-state index is -2.63. The summed E-state index contributed by atoms with van der Waals surface area (Å²) < 4.78 is 10.7. The molecule has 0 saturated heterocycles. The van der Waals surface area contributed by atoms with Gasteiger partial charge in [0.2, 0.25) is 11.6 Å². The van der Waals surface area contributed by atoms with Gasteiger partial charge in [-0.25, -0.2) is 0 Å². The maximum Gasteiger partial charge on any atom is 0.214 e. The number of benzene rings is 4. The molecule has 0 saturated carbocycles. The van der Waals surface area contributed by atoms with Crippen molar-refractivity contribution >= 4 is 23.2 Å². The Kier molecular flexibility index (Phi) is 7.99. The fourth-order valence-electron chi connectivity index (χ4n) is 4.73. The third-order valence-electron chi connectivity index (χ3n) is 6.47. The monoisotopic (exact) mass is 536 g/mol. The number of allylic oxidation sites excluding steroid dienone is 1. The first kappa shape index (κ1) is 26.1. The van der Waals surface area contributed by atoms with E-state index in [0.717, 1.165) is 27.2 Å². The summed E-state index contributed by atoms with van der Waals surface area (Å²) in [7, 11) is -1.01. The Bertz CT molecular complexity index is 1410. The predicted molar refractivity (Wildman–Crippen MR) is 154 cm³/mol. The van der Waals surface area contributed by atoms with Crippen molar-refractivity contribution in [3.05, 3.63) is 127 Å². The van der Waals surface area contributed by atoms with Crippen LogP contribution in [0.4, 0.5) is 0 Å². The second kappa shape index (κ2) is 11.9. The quantitative estimate of drug-likeness (QED) is 0.198. The molecule has 0 spiro atoms. The Labute approximate surface area is 228 Å². The lowest BCUT2D eigenvalue weighted by Gasteiger charge is -2.33. The second-order valence-corrected chi connectivity index (χ2v) is 12.2. The summed E-state index contributed by atoms with van der Waals surface area (Å²) >= 11 is 0. The molecular weight excluding hydrogens is 507 g/mol. The molecule has 5 rings (SSSR count). The second-order valence-electron chi connectivity index (χ2n) is 8.72. The highest BCUT2D eigenvalue weighted by Gasteiger charge is 2.54. The number of ether oxygens (including phenoxy) is 2. The molecule has 0 N–H and O–H groups in total. The maximum absolute atomic E-state index is 13.2. The molecule has 1 unspecified atom stereocenters. The lowest BCUT2D eigenvalue weighted by molar-refractivity contribution is -0.357. The molecule has 7 nitrogen and oxygen atoms in total. The van der Waals surface area contributed by atoms with Crippen LogP contribution in [0.1, 0.15) is 12.7 Å². The number of nitrogens with zero attached hydrogens (tertiary/aromatic N) is 4. The van der Waals surface area contributed by atoms with E-state index in [1.54, 1.807) is 24.9 Å². The largest absolute Gasteiger partial charge is 0.614 e. The minimum absolute atomic E-state index is 0.261. The summed E-state index contributed by atoms with van der Waals surface area (Å²) in [5.74, 6) is 0.148. The highest BCUT2D eigenvalue weighted by atomic mass is 31.2. The van der Waals surface area contributed by atoms with E-state index >= 15 is 0 Å². The summed E-state index contributed by atoms with van der Waals surface area (Å²) in [6, 6.07) is 38.3. The molecule has 0 radical (unpaired) electrons. The number of tetrazole rings is 1. The number of methoxy groups -OCH3 is 1. The van der Waals surface area contributed by atoms with Crippen LogP contribution in [0.15, 0.2) is 127 Å². The van der Waals surface area contributed by atoms with Crippen LogP contribution in [0.5, 0.6) is 5.75 Å². The zero-order chi connectivity index (χ0) is 27.1. The van der Waals surface area contributed by atoms with Crippen LogP contribution in [0.2, 0.25) is 0 Å². The zero-order valence-corrected chi connectivity index (χ0v) is 22.7. The van der Waals surface area contributed by atoms with Gasteiger partial charge in [-0.2, -0.15) is 0 Å². The minimum Gasteiger partial charge on any atom is -0.614 e. The van der Waals surface area contributed by atoms with Gasteiger partial charge in [0.1, 0.15) is 28.9 Å². The average molecular weight is 537 g/mol. The number of aromatic nitrogens is 4. The van der Waals surface area contributed by atoms with Crippen LogP contribution in [0.3, 0.4) is 0 Å². The Morgan fingerprint density at radius 2 is 1.33 bits per heavy atom. The maximum atomic E-state index is 13.2. The molecule has 0 amide bonds. The van der Waals surface area contributed by atoms with Gasteiger partial charge in [0.15, 0.2) is 0 Å². The fraction of sp³-hybridized carbons (Fsp3) is 0.129. The number of hydrogen-bond donors (Lipinski definition) is 0. The molecule has 39 heavy (non-hydrogen) atoms. The van der Waals surface area contributed by atoms with Crippen LogP contribution in [0, 0.1) is 0 Å². The Hall–Kier alpha value is -4.48. The molecule has 5 aromatic rings. The Morgan fingerprint density at radius 3 is 1.79 bits per heavy atom. The normalized spacial score (nSPS) is 12.6. The van der Waals surface area contributed by atoms with Crippen molar-refractivity contribution in [3.8, 4) is 17.1 Å². The zero-order valence-electron chi connectivity index (χ0n) is 21.8. The third kappa shape index (κ3) is 5.27. The highest BCUT2D eigenvalue weighted by Crippen LogP contribution is 2.65. The summed E-state index contributed by atoms with van der Waals surface area (Å²) in [5.41, 5.74) is 0.792. The molecule has 0 aliphatic rings. The summed E-state index contributed by atoms with van der Waals surface area (Å²) in [6.07, 6.45) is 1.60. The first-order valence-electron chi connectivity index (χ1n) is 12.7. The van der Waals surface area contributed by atoms with Crippen molar-refractivity contribution in [2.24, 2.45) is 0 Å². The lowest BCUT2D eigenvalue weighted by atomic mass is 10.2. The van der Waals surface area contributed by atoms with Crippen molar-refractivity contribution in [1.29, 1.82) is 0 Å². The van der Waals surface area contributed by atoms with E-state index < -0.39 is 19.0 Å². The molecule has 8 heteroatoms. The molecular formula is C31H29N4O3P. The summed E-state index contributed by atoms with van der Waals surface area (Å²) in [4.78, 5) is 1.57. The Morgan fingerprint density at radius 1 is 0.821 bits per heavy atom. The molecule has 1 atom stereocenters. The van der Waals surface area contributed by atoms with Crippen molar-refractivity contribution in [1.82, 2.24) is 20.2 Å². The fourth-order valence-corrected chi connectivity index (χ4v) is 9.22. The van der Waals surface area contributed by atoms with Crippen molar-refractivity contribution in [2.75, 3.05) is 13.7 Å². The lowest BCUT2D eigenvalue weighted by Crippen LogP contribution is -2.38. The molecule has 0 aliphatic heterocycles. The molecule has 4 aromatic carbocycles. The molecule has 196 valence electrons. The van der Waals surface area contributed by atoms with Crippen LogP contribution in [0.25, 0.3) is 11.4 Å². The first-order chi connectivity index (χ1) is 19.2. The van der Waals surface area contributed by atoms with Crippen LogP contribution < -0.4 is 25.8 Å². The van der Waals surface area contributed by atoms with Gasteiger partial charge in [-0.05, 0) is 72.5 Å². The average Bonchev–Trinajstić information content (AvgIpc) is 3.49. The first-order valence-corrected chi connectivity index (χ1v) is 14.5. The summed E-state index contributed by atoms with van der Waals surface area (Å²) in [6.45, 7) is 2.06. The van der Waals surface area contributed by atoms with Gasteiger partial charge >= 0.3 is 0 Å². The van der Waals surface area contributed by atoms with E-state index in [4.69, 9.17) is 14.6 Å². The topological polar surface area (TPSA) is 85.1 Å². The highest BCUT2D eigenvalue weighted by molar-refractivity contribution is 7.95. The molecule has 1 aromatic heterocycles. The van der Waals surface area contributed by atoms with E-state index in [1.165, 1.54) is 0 Å². The van der Waals surface area contributed by atoms with Gasteiger partial charge in [-0.3, -0.25) is 0 Å². The smallest absolute Gasteiger partial charge is 0.214 e. The van der Waals surface area contributed by atoms with Gasteiger partial charge in [-0.1, -0.05) is 61.5 Å². The summed E-state index contributed by atoms with van der Waals surface area (Å²) in [5, 5.41) is 30.1. The van der Waals surface area contributed by atoms with Crippen molar-refractivity contribution in [3.63, 3.8) is 0 Å². The van der Waals surface area contributed by atoms with E-state index in [0.29, 0.717) is 5.82 Å². The third-order valence-corrected chi connectivity index (χ3v) is 11.0. The Balaban J connectivity index is 1.79. The van der Waals surface area contributed by atoms with Crippen LogP contribution >= 0.6 is 7.26 Å². The molecule has 0 fully saturated rings. The van der Waals surface area contributed by atoms with Gasteiger partial charge in [0, 0.05) is 11.6 Å².